The van der Waals surface area contributed by atoms with E-state index < -0.39 is 0 Å². The van der Waals surface area contributed by atoms with Gasteiger partial charge in [-0.05, 0) is 93.8 Å². The largest absolute Gasteiger partial charge is 0.466 e. The van der Waals surface area contributed by atoms with Crippen molar-refractivity contribution < 1.29 is 38.1 Å². The molecule has 312 valence electrons. The van der Waals surface area contributed by atoms with Gasteiger partial charge in [0.2, 0.25) is 0 Å². The first-order valence-corrected chi connectivity index (χ1v) is 21.8. The van der Waals surface area contributed by atoms with Gasteiger partial charge in [0.05, 0.1) is 25.9 Å². The van der Waals surface area contributed by atoms with Crippen LogP contribution in [0.15, 0.2) is 0 Å². The summed E-state index contributed by atoms with van der Waals surface area (Å²) in [4.78, 5) is 51.7. The Morgan fingerprint density at radius 3 is 1.96 bits per heavy atom. The molecule has 0 spiro atoms. The maximum absolute atomic E-state index is 13.2. The predicted octanol–water partition coefficient (Wildman–Crippen LogP) is 7.14. The summed E-state index contributed by atoms with van der Waals surface area (Å²) >= 11 is 0. The van der Waals surface area contributed by atoms with E-state index in [9.17, 15) is 19.2 Å². The number of rotatable bonds is 22. The molecule has 11 heteroatoms. The number of esters is 4. The molecule has 11 nitrogen and oxygen atoms in total. The van der Waals surface area contributed by atoms with Crippen molar-refractivity contribution in [3.8, 4) is 0 Å². The molecule has 0 aromatic rings. The normalized spacial score (nSPS) is 30.4. The fourth-order valence-electron chi connectivity index (χ4n) is 10.4. The number of hydrogen-bond acceptors (Lipinski definition) is 11. The molecule has 0 heterocycles. The van der Waals surface area contributed by atoms with Crippen LogP contribution in [0.25, 0.3) is 0 Å². The van der Waals surface area contributed by atoms with Crippen molar-refractivity contribution in [2.45, 2.75) is 181 Å². The summed E-state index contributed by atoms with van der Waals surface area (Å²) in [6.07, 6.45) is 16.5. The zero-order chi connectivity index (χ0) is 39.5. The Labute approximate surface area is 326 Å². The minimum absolute atomic E-state index is 0.0707. The van der Waals surface area contributed by atoms with Crippen LogP contribution in [0.2, 0.25) is 0 Å². The van der Waals surface area contributed by atoms with Crippen LogP contribution >= 0.6 is 0 Å². The molecule has 0 bridgehead atoms. The number of hydrogen-bond donors (Lipinski definition) is 3. The van der Waals surface area contributed by atoms with Crippen molar-refractivity contribution >= 4 is 23.9 Å². The third-order valence-corrected chi connectivity index (χ3v) is 13.3. The van der Waals surface area contributed by atoms with E-state index in [1.807, 2.05) is 0 Å². The Morgan fingerprint density at radius 2 is 1.31 bits per heavy atom. The molecule has 3 aliphatic carbocycles. The highest BCUT2D eigenvalue weighted by molar-refractivity contribution is 5.71. The van der Waals surface area contributed by atoms with Crippen molar-refractivity contribution in [3.63, 3.8) is 0 Å². The van der Waals surface area contributed by atoms with E-state index in [0.717, 1.165) is 44.9 Å². The number of nitrogens with two attached hydrogens (primary N) is 3. The van der Waals surface area contributed by atoms with E-state index in [4.69, 9.17) is 36.1 Å². The molecule has 0 aliphatic heterocycles. The zero-order valence-corrected chi connectivity index (χ0v) is 34.4. The van der Waals surface area contributed by atoms with E-state index in [1.54, 1.807) is 0 Å². The second kappa shape index (κ2) is 24.4. The predicted molar refractivity (Wildman–Crippen MR) is 211 cm³/mol. The van der Waals surface area contributed by atoms with Crippen LogP contribution in [0.1, 0.15) is 163 Å². The Kier molecular flexibility index (Phi) is 20.9. The highest BCUT2D eigenvalue weighted by atomic mass is 16.6. The molecule has 10 atom stereocenters. The number of carbonyl (C=O) groups excluding carboxylic acids is 4. The lowest BCUT2D eigenvalue weighted by atomic mass is 9.51. The molecule has 3 saturated carbocycles. The summed E-state index contributed by atoms with van der Waals surface area (Å²) < 4.78 is 24.3. The van der Waals surface area contributed by atoms with Crippen molar-refractivity contribution in [1.29, 1.82) is 0 Å². The monoisotopic (exact) mass is 764 g/mol. The first-order chi connectivity index (χ1) is 26.0. The van der Waals surface area contributed by atoms with Crippen LogP contribution in [-0.2, 0) is 38.1 Å². The van der Waals surface area contributed by atoms with Gasteiger partial charge in [0.1, 0.15) is 18.3 Å². The maximum Gasteiger partial charge on any atom is 0.307 e. The molecule has 3 aliphatic rings. The molecule has 3 rings (SSSR count). The van der Waals surface area contributed by atoms with Crippen LogP contribution in [0.5, 0.6) is 0 Å². The second-order valence-electron chi connectivity index (χ2n) is 17.1. The van der Waals surface area contributed by atoms with Gasteiger partial charge in [-0.2, -0.15) is 0 Å². The molecule has 0 amide bonds. The second-order valence-corrected chi connectivity index (χ2v) is 17.1. The minimum Gasteiger partial charge on any atom is -0.466 e. The van der Waals surface area contributed by atoms with Crippen molar-refractivity contribution in [1.82, 2.24) is 0 Å². The maximum atomic E-state index is 13.2. The molecule has 3 fully saturated rings. The highest BCUT2D eigenvalue weighted by Gasteiger charge is 2.63. The lowest BCUT2D eigenvalue weighted by molar-refractivity contribution is -0.191. The van der Waals surface area contributed by atoms with Gasteiger partial charge in [0, 0.05) is 37.4 Å². The summed E-state index contributed by atoms with van der Waals surface area (Å²) in [5.41, 5.74) is 16.8. The Hall–Kier alpha value is -2.24. The van der Waals surface area contributed by atoms with Gasteiger partial charge in [0.25, 0.3) is 0 Å². The zero-order valence-electron chi connectivity index (χ0n) is 34.4. The van der Waals surface area contributed by atoms with Crippen LogP contribution < -0.4 is 17.2 Å². The van der Waals surface area contributed by atoms with Gasteiger partial charge >= 0.3 is 23.9 Å². The van der Waals surface area contributed by atoms with Crippen molar-refractivity contribution in [2.75, 3.05) is 26.2 Å². The lowest BCUT2D eigenvalue weighted by Gasteiger charge is -2.56. The number of fused-ring (bicyclic) bond motifs is 3. The molecule has 10 unspecified atom stereocenters. The molecule has 0 saturated heterocycles. The average Bonchev–Trinajstić information content (AvgIpc) is 3.49. The SMILES string of the molecule is CCCCCCCCCCOC(=O)CCC(C)C1CCC2C3C(OC(=O)CCN)CCCC(OC(=O)CCN)CCC(C)C3CC(OC(=O)CCN)C12C. The summed E-state index contributed by atoms with van der Waals surface area (Å²) in [7, 11) is 0. The number of unbranched alkanes of at least 4 members (excludes halogenated alkanes) is 7. The summed E-state index contributed by atoms with van der Waals surface area (Å²) in [6, 6.07) is 0. The molecule has 0 aromatic carbocycles. The van der Waals surface area contributed by atoms with E-state index in [1.165, 1.54) is 38.5 Å². The third kappa shape index (κ3) is 13.7. The quantitative estimate of drug-likeness (QED) is 0.0579. The standard InChI is InChI=1S/C43H77N3O8/c1-5-6-7-8-9-10-11-12-28-51-38(47)21-17-31(3)34-19-20-35-42-33(29-37(43(34,35)4)54-41(50)24-27-46)30(2)16-18-32(52-39(48)22-25-44)14-13-15-36(42)53-40(49)23-26-45/h30-37,42H,5-29,44-46H2,1-4H3. The summed E-state index contributed by atoms with van der Waals surface area (Å²) in [5.74, 6) is -0.0547. The van der Waals surface area contributed by atoms with Gasteiger partial charge in [-0.1, -0.05) is 72.6 Å². The van der Waals surface area contributed by atoms with E-state index in [0.29, 0.717) is 38.7 Å². The van der Waals surface area contributed by atoms with Crippen LogP contribution in [0, 0.1) is 40.9 Å². The van der Waals surface area contributed by atoms with Crippen LogP contribution in [0.3, 0.4) is 0 Å². The van der Waals surface area contributed by atoms with Crippen molar-refractivity contribution in [2.24, 2.45) is 58.1 Å². The smallest absolute Gasteiger partial charge is 0.307 e. The van der Waals surface area contributed by atoms with Gasteiger partial charge in [0.15, 0.2) is 0 Å². The summed E-state index contributed by atoms with van der Waals surface area (Å²) in [6.45, 7) is 10.2. The van der Waals surface area contributed by atoms with E-state index >= 15 is 0 Å². The fourth-order valence-corrected chi connectivity index (χ4v) is 10.4. The van der Waals surface area contributed by atoms with Crippen molar-refractivity contribution in [3.05, 3.63) is 0 Å². The van der Waals surface area contributed by atoms with Gasteiger partial charge in [-0.3, -0.25) is 19.2 Å². The fraction of sp³-hybridized carbons (Fsp3) is 0.907. The lowest BCUT2D eigenvalue weighted by Crippen LogP contribution is -2.57. The van der Waals surface area contributed by atoms with E-state index in [2.05, 4.69) is 27.7 Å². The summed E-state index contributed by atoms with van der Waals surface area (Å²) in [5, 5.41) is 0. The number of ether oxygens (including phenoxy) is 4. The topological polar surface area (TPSA) is 183 Å². The van der Waals surface area contributed by atoms with Crippen LogP contribution in [0.4, 0.5) is 0 Å². The van der Waals surface area contributed by atoms with Gasteiger partial charge < -0.3 is 36.1 Å². The first-order valence-electron chi connectivity index (χ1n) is 21.8. The molecular formula is C43H77N3O8. The number of carbonyl (C=O) groups is 4. The Balaban J connectivity index is 1.80. The Bertz CT molecular complexity index is 1140. The third-order valence-electron chi connectivity index (χ3n) is 13.3. The first kappa shape index (κ1) is 46.1. The molecule has 6 N–H and O–H groups in total. The highest BCUT2D eigenvalue weighted by Crippen LogP contribution is 2.64. The molecular weight excluding hydrogens is 686 g/mol. The van der Waals surface area contributed by atoms with Gasteiger partial charge in [-0.15, -0.1) is 0 Å². The molecule has 54 heavy (non-hydrogen) atoms. The molecule has 0 radical (unpaired) electrons. The van der Waals surface area contributed by atoms with Gasteiger partial charge in [-0.25, -0.2) is 0 Å². The van der Waals surface area contributed by atoms with Crippen LogP contribution in [-0.4, -0.2) is 68.4 Å². The minimum atomic E-state index is -0.380. The average molecular weight is 764 g/mol. The Morgan fingerprint density at radius 1 is 0.704 bits per heavy atom. The molecule has 0 aromatic heterocycles. The van der Waals surface area contributed by atoms with E-state index in [-0.39, 0.29) is 122 Å².